The summed E-state index contributed by atoms with van der Waals surface area (Å²) < 4.78 is 13.7. The van der Waals surface area contributed by atoms with Gasteiger partial charge in [-0.15, -0.1) is 0 Å². The first-order valence-electron chi connectivity index (χ1n) is 7.35. The average molecular weight is 279 g/mol. The maximum atomic E-state index is 13.7. The summed E-state index contributed by atoms with van der Waals surface area (Å²) in [5.41, 5.74) is 0.571. The standard InChI is InChI=1S/C16H22FNO2/c1-2-11-4-3-5-14(8-11)18-10-13-9-12(16(19)20)6-7-15(13)17/h6-7,9,11,14,18H,2-5,8,10H2,1H3,(H,19,20). The molecule has 1 fully saturated rings. The Labute approximate surface area is 119 Å². The Balaban J connectivity index is 1.96. The Bertz CT molecular complexity index is 476. The Morgan fingerprint density at radius 3 is 2.95 bits per heavy atom. The van der Waals surface area contributed by atoms with Crippen molar-refractivity contribution in [3.05, 3.63) is 35.1 Å². The fourth-order valence-corrected chi connectivity index (χ4v) is 2.94. The minimum Gasteiger partial charge on any atom is -0.478 e. The van der Waals surface area contributed by atoms with Crippen molar-refractivity contribution >= 4 is 5.97 Å². The van der Waals surface area contributed by atoms with Crippen LogP contribution in [0.15, 0.2) is 18.2 Å². The van der Waals surface area contributed by atoms with Gasteiger partial charge in [-0.3, -0.25) is 0 Å². The van der Waals surface area contributed by atoms with E-state index in [1.165, 1.54) is 37.5 Å². The Morgan fingerprint density at radius 1 is 1.45 bits per heavy atom. The van der Waals surface area contributed by atoms with E-state index >= 15 is 0 Å². The highest BCUT2D eigenvalue weighted by Gasteiger charge is 2.20. The molecule has 0 bridgehead atoms. The van der Waals surface area contributed by atoms with E-state index in [1.807, 2.05) is 0 Å². The van der Waals surface area contributed by atoms with Gasteiger partial charge in [0, 0.05) is 18.2 Å². The highest BCUT2D eigenvalue weighted by Crippen LogP contribution is 2.26. The summed E-state index contributed by atoms with van der Waals surface area (Å²) in [6.45, 7) is 2.61. The van der Waals surface area contributed by atoms with E-state index < -0.39 is 5.97 Å². The number of carbonyl (C=O) groups is 1. The summed E-state index contributed by atoms with van der Waals surface area (Å²) in [7, 11) is 0. The largest absolute Gasteiger partial charge is 0.478 e. The van der Waals surface area contributed by atoms with Gasteiger partial charge in [0.05, 0.1) is 5.56 Å². The van der Waals surface area contributed by atoms with Gasteiger partial charge >= 0.3 is 5.97 Å². The summed E-state index contributed by atoms with van der Waals surface area (Å²) in [6.07, 6.45) is 5.96. The molecule has 2 atom stereocenters. The number of hydrogen-bond acceptors (Lipinski definition) is 2. The van der Waals surface area contributed by atoms with Crippen LogP contribution in [0.3, 0.4) is 0 Å². The van der Waals surface area contributed by atoms with Gasteiger partial charge in [0.25, 0.3) is 0 Å². The van der Waals surface area contributed by atoms with Crippen molar-refractivity contribution in [2.75, 3.05) is 0 Å². The minimum absolute atomic E-state index is 0.137. The monoisotopic (exact) mass is 279 g/mol. The number of rotatable bonds is 5. The van der Waals surface area contributed by atoms with Crippen LogP contribution in [0, 0.1) is 11.7 Å². The predicted octanol–water partition coefficient (Wildman–Crippen LogP) is 3.58. The third-order valence-electron chi connectivity index (χ3n) is 4.23. The molecule has 2 N–H and O–H groups in total. The Morgan fingerprint density at radius 2 is 2.25 bits per heavy atom. The first-order valence-corrected chi connectivity index (χ1v) is 7.35. The number of hydrogen-bond donors (Lipinski definition) is 2. The number of halogens is 1. The molecule has 20 heavy (non-hydrogen) atoms. The molecule has 3 nitrogen and oxygen atoms in total. The summed E-state index contributed by atoms with van der Waals surface area (Å²) in [6, 6.07) is 4.37. The van der Waals surface area contributed by atoms with Gasteiger partial charge in [0.15, 0.2) is 0 Å². The molecule has 1 aliphatic rings. The first-order chi connectivity index (χ1) is 9.60. The number of aromatic carboxylic acids is 1. The van der Waals surface area contributed by atoms with Crippen LogP contribution in [0.5, 0.6) is 0 Å². The topological polar surface area (TPSA) is 49.3 Å². The van der Waals surface area contributed by atoms with Gasteiger partial charge in [-0.25, -0.2) is 9.18 Å². The van der Waals surface area contributed by atoms with Crippen LogP contribution in [-0.4, -0.2) is 17.1 Å². The SMILES string of the molecule is CCC1CCCC(NCc2cc(C(=O)O)ccc2F)C1. The van der Waals surface area contributed by atoms with Crippen LogP contribution in [-0.2, 0) is 6.54 Å². The molecule has 0 amide bonds. The van der Waals surface area contributed by atoms with E-state index in [4.69, 9.17) is 5.11 Å². The van der Waals surface area contributed by atoms with Crippen molar-refractivity contribution in [2.45, 2.75) is 51.6 Å². The van der Waals surface area contributed by atoms with Gasteiger partial charge in [0.1, 0.15) is 5.82 Å². The van der Waals surface area contributed by atoms with Gasteiger partial charge in [-0.2, -0.15) is 0 Å². The lowest BCUT2D eigenvalue weighted by molar-refractivity contribution is 0.0696. The van der Waals surface area contributed by atoms with Gasteiger partial charge in [-0.05, 0) is 37.0 Å². The highest BCUT2D eigenvalue weighted by atomic mass is 19.1. The first kappa shape index (κ1) is 15.0. The summed E-state index contributed by atoms with van der Waals surface area (Å²) >= 11 is 0. The van der Waals surface area contributed by atoms with Crippen LogP contribution in [0.2, 0.25) is 0 Å². The van der Waals surface area contributed by atoms with Crippen molar-refractivity contribution in [2.24, 2.45) is 5.92 Å². The molecule has 2 rings (SSSR count). The van der Waals surface area contributed by atoms with E-state index in [1.54, 1.807) is 0 Å². The fourth-order valence-electron chi connectivity index (χ4n) is 2.94. The van der Waals surface area contributed by atoms with E-state index in [2.05, 4.69) is 12.2 Å². The van der Waals surface area contributed by atoms with Gasteiger partial charge in [0.2, 0.25) is 0 Å². The highest BCUT2D eigenvalue weighted by molar-refractivity contribution is 5.87. The van der Waals surface area contributed by atoms with Crippen LogP contribution >= 0.6 is 0 Å². The summed E-state index contributed by atoms with van der Waals surface area (Å²) in [5, 5.41) is 12.3. The molecule has 1 aromatic rings. The summed E-state index contributed by atoms with van der Waals surface area (Å²) in [4.78, 5) is 10.9. The molecule has 0 spiro atoms. The van der Waals surface area contributed by atoms with E-state index in [0.29, 0.717) is 18.2 Å². The number of carboxylic acids is 1. The zero-order chi connectivity index (χ0) is 14.5. The quantitative estimate of drug-likeness (QED) is 0.866. The smallest absolute Gasteiger partial charge is 0.335 e. The molecule has 4 heteroatoms. The predicted molar refractivity (Wildman–Crippen MR) is 76.2 cm³/mol. The lowest BCUT2D eigenvalue weighted by Gasteiger charge is -2.29. The molecular formula is C16H22FNO2. The minimum atomic E-state index is -1.02. The molecule has 1 aromatic carbocycles. The number of nitrogens with one attached hydrogen (secondary N) is 1. The van der Waals surface area contributed by atoms with Crippen LogP contribution < -0.4 is 5.32 Å². The molecule has 0 saturated heterocycles. The number of carboxylic acid groups (broad SMARTS) is 1. The third-order valence-corrected chi connectivity index (χ3v) is 4.23. The lowest BCUT2D eigenvalue weighted by Crippen LogP contribution is -2.33. The Hall–Kier alpha value is -1.42. The van der Waals surface area contributed by atoms with Crippen LogP contribution in [0.25, 0.3) is 0 Å². The molecular weight excluding hydrogens is 257 g/mol. The van der Waals surface area contributed by atoms with Crippen molar-refractivity contribution < 1.29 is 14.3 Å². The lowest BCUT2D eigenvalue weighted by atomic mass is 9.84. The molecule has 0 heterocycles. The number of benzene rings is 1. The average Bonchev–Trinajstić information content (AvgIpc) is 2.46. The molecule has 2 unspecified atom stereocenters. The normalized spacial score (nSPS) is 22.7. The van der Waals surface area contributed by atoms with Gasteiger partial charge in [-0.1, -0.05) is 26.2 Å². The molecule has 1 saturated carbocycles. The third kappa shape index (κ3) is 3.79. The second kappa shape index (κ2) is 6.84. The summed E-state index contributed by atoms with van der Waals surface area (Å²) in [5.74, 6) is -0.600. The van der Waals surface area contributed by atoms with Crippen molar-refractivity contribution in [1.29, 1.82) is 0 Å². The zero-order valence-corrected chi connectivity index (χ0v) is 11.9. The van der Waals surface area contributed by atoms with E-state index in [0.717, 1.165) is 18.8 Å². The zero-order valence-electron chi connectivity index (χ0n) is 11.9. The van der Waals surface area contributed by atoms with Gasteiger partial charge < -0.3 is 10.4 Å². The molecule has 0 aliphatic heterocycles. The van der Waals surface area contributed by atoms with Crippen LogP contribution in [0.1, 0.15) is 54.9 Å². The van der Waals surface area contributed by atoms with Crippen molar-refractivity contribution in [1.82, 2.24) is 5.32 Å². The maximum absolute atomic E-state index is 13.7. The van der Waals surface area contributed by atoms with Crippen LogP contribution in [0.4, 0.5) is 4.39 Å². The van der Waals surface area contributed by atoms with Crippen molar-refractivity contribution in [3.63, 3.8) is 0 Å². The maximum Gasteiger partial charge on any atom is 0.335 e. The van der Waals surface area contributed by atoms with E-state index in [9.17, 15) is 9.18 Å². The molecule has 0 aromatic heterocycles. The molecule has 110 valence electrons. The van der Waals surface area contributed by atoms with Crippen molar-refractivity contribution in [3.8, 4) is 0 Å². The molecule has 1 aliphatic carbocycles. The second-order valence-electron chi connectivity index (χ2n) is 5.63. The Kier molecular flexibility index (Phi) is 5.12. The van der Waals surface area contributed by atoms with E-state index in [-0.39, 0.29) is 11.4 Å². The fraction of sp³-hybridized carbons (Fsp3) is 0.562. The molecule has 0 radical (unpaired) electrons. The second-order valence-corrected chi connectivity index (χ2v) is 5.63.